The van der Waals surface area contributed by atoms with Gasteiger partial charge in [-0.3, -0.25) is 4.79 Å². The van der Waals surface area contributed by atoms with Crippen molar-refractivity contribution in [3.8, 4) is 0 Å². The first-order valence-electron chi connectivity index (χ1n) is 14.3. The Morgan fingerprint density at radius 3 is 2.67 bits per heavy atom. The van der Waals surface area contributed by atoms with Crippen LogP contribution in [0.15, 0.2) is 42.5 Å². The summed E-state index contributed by atoms with van der Waals surface area (Å²) in [6.07, 6.45) is 11.7. The number of likely N-dealkylation sites (tertiary alicyclic amines) is 1. The van der Waals surface area contributed by atoms with Crippen LogP contribution in [0.4, 0.5) is 0 Å². The predicted molar refractivity (Wildman–Crippen MR) is 145 cm³/mol. The molecule has 192 valence electrons. The van der Waals surface area contributed by atoms with Crippen LogP contribution in [0, 0.1) is 11.8 Å². The molecule has 1 aromatic heterocycles. The number of aromatic nitrogens is 1. The fraction of sp³-hybridized carbons (Fsp3) is 0.613. The molecule has 4 nitrogen and oxygen atoms in total. The van der Waals surface area contributed by atoms with E-state index in [9.17, 15) is 4.79 Å². The average Bonchev–Trinajstić information content (AvgIpc) is 3.32. The molecule has 2 saturated heterocycles. The third-order valence-corrected chi connectivity index (χ3v) is 10.2. The number of amides is 1. The first kappa shape index (κ1) is 24.4. The van der Waals surface area contributed by atoms with Gasteiger partial charge in [-0.1, -0.05) is 67.3 Å². The van der Waals surface area contributed by atoms with Gasteiger partial charge in [0.25, 0.3) is 0 Å². The van der Waals surface area contributed by atoms with Gasteiger partial charge in [0, 0.05) is 36.3 Å². The molecule has 1 aromatic carbocycles. The summed E-state index contributed by atoms with van der Waals surface area (Å²) in [7, 11) is 0. The Hall–Kier alpha value is -1.91. The molecular weight excluding hydrogens is 466 g/mol. The Morgan fingerprint density at radius 2 is 1.86 bits per heavy atom. The molecule has 5 atom stereocenters. The van der Waals surface area contributed by atoms with Crippen molar-refractivity contribution in [1.29, 1.82) is 0 Å². The Bertz CT molecular complexity index is 1080. The molecule has 5 unspecified atom stereocenters. The van der Waals surface area contributed by atoms with Crippen molar-refractivity contribution < 1.29 is 4.79 Å². The number of hydrogen-bond donors (Lipinski definition) is 1. The molecule has 1 N–H and O–H groups in total. The summed E-state index contributed by atoms with van der Waals surface area (Å²) in [6, 6.07) is 15.7. The van der Waals surface area contributed by atoms with E-state index in [-0.39, 0.29) is 17.4 Å². The minimum absolute atomic E-state index is 0.0265. The first-order chi connectivity index (χ1) is 17.6. The summed E-state index contributed by atoms with van der Waals surface area (Å²) in [6.45, 7) is 3.94. The molecule has 4 aliphatic rings. The Balaban J connectivity index is 1.34. The van der Waals surface area contributed by atoms with Crippen molar-refractivity contribution in [2.75, 3.05) is 13.1 Å². The topological polar surface area (TPSA) is 45.2 Å². The number of halogens is 1. The highest BCUT2D eigenvalue weighted by Crippen LogP contribution is 2.48. The molecule has 2 aliphatic carbocycles. The number of benzene rings is 1. The number of aryl methyl sites for hydroxylation is 1. The fourth-order valence-electron chi connectivity index (χ4n) is 8.30. The summed E-state index contributed by atoms with van der Waals surface area (Å²) < 4.78 is 0. The number of fused-ring (bicyclic) bond motifs is 2. The molecule has 5 heteroatoms. The summed E-state index contributed by atoms with van der Waals surface area (Å²) in [5.74, 6) is 1.52. The zero-order valence-corrected chi connectivity index (χ0v) is 22.4. The zero-order valence-electron chi connectivity index (χ0n) is 21.6. The minimum atomic E-state index is -0.157. The van der Waals surface area contributed by atoms with E-state index in [2.05, 4.69) is 53.5 Å². The van der Waals surface area contributed by atoms with E-state index in [4.69, 9.17) is 16.6 Å². The lowest BCUT2D eigenvalue weighted by molar-refractivity contribution is -0.146. The predicted octanol–water partition coefficient (Wildman–Crippen LogP) is 6.27. The maximum atomic E-state index is 14.7. The van der Waals surface area contributed by atoms with E-state index in [1.54, 1.807) is 0 Å². The van der Waals surface area contributed by atoms with Gasteiger partial charge in [-0.25, -0.2) is 4.98 Å². The number of piperidine rings is 1. The Morgan fingerprint density at radius 1 is 1.06 bits per heavy atom. The number of carbonyl (C=O) groups excluding carboxylic acids is 1. The molecule has 3 heterocycles. The van der Waals surface area contributed by atoms with E-state index in [0.29, 0.717) is 28.9 Å². The second-order valence-electron chi connectivity index (χ2n) is 12.0. The third kappa shape index (κ3) is 4.28. The summed E-state index contributed by atoms with van der Waals surface area (Å²) in [4.78, 5) is 21.8. The molecule has 36 heavy (non-hydrogen) atoms. The van der Waals surface area contributed by atoms with Crippen LogP contribution < -0.4 is 5.32 Å². The molecule has 0 radical (unpaired) electrons. The van der Waals surface area contributed by atoms with Gasteiger partial charge in [-0.05, 0) is 80.9 Å². The van der Waals surface area contributed by atoms with Crippen molar-refractivity contribution in [3.63, 3.8) is 0 Å². The lowest BCUT2D eigenvalue weighted by Crippen LogP contribution is -2.58. The van der Waals surface area contributed by atoms with Crippen LogP contribution in [0.3, 0.4) is 0 Å². The van der Waals surface area contributed by atoms with Crippen LogP contribution in [-0.2, 0) is 16.6 Å². The van der Waals surface area contributed by atoms with E-state index in [1.807, 2.05) is 6.07 Å². The molecule has 0 bridgehead atoms. The van der Waals surface area contributed by atoms with E-state index >= 15 is 0 Å². The van der Waals surface area contributed by atoms with Crippen molar-refractivity contribution in [1.82, 2.24) is 15.2 Å². The quantitative estimate of drug-likeness (QED) is 0.500. The number of nitrogens with zero attached hydrogens (tertiary/aromatic N) is 2. The van der Waals surface area contributed by atoms with E-state index in [1.165, 1.54) is 43.2 Å². The van der Waals surface area contributed by atoms with Crippen molar-refractivity contribution >= 4 is 17.5 Å². The van der Waals surface area contributed by atoms with Crippen LogP contribution in [0.25, 0.3) is 0 Å². The SMILES string of the molecule is CC1CC(c2ccccc2)CC(C2CCCCC2)N1C(=O)C1CNCC12CCCc1nc(Cl)ccc12. The summed E-state index contributed by atoms with van der Waals surface area (Å²) in [5.41, 5.74) is 3.66. The number of carbonyl (C=O) groups is 1. The molecule has 2 aliphatic heterocycles. The van der Waals surface area contributed by atoms with Crippen LogP contribution in [0.2, 0.25) is 5.15 Å². The highest BCUT2D eigenvalue weighted by Gasteiger charge is 2.53. The zero-order chi connectivity index (χ0) is 24.7. The highest BCUT2D eigenvalue weighted by molar-refractivity contribution is 6.29. The second-order valence-corrected chi connectivity index (χ2v) is 12.3. The average molecular weight is 506 g/mol. The van der Waals surface area contributed by atoms with Gasteiger partial charge in [0.15, 0.2) is 0 Å². The normalized spacial score (nSPS) is 33.0. The largest absolute Gasteiger partial charge is 0.336 e. The van der Waals surface area contributed by atoms with Gasteiger partial charge in [-0.15, -0.1) is 0 Å². The Kier molecular flexibility index (Phi) is 6.85. The molecule has 6 rings (SSSR count). The maximum Gasteiger partial charge on any atom is 0.228 e. The first-order valence-corrected chi connectivity index (χ1v) is 14.7. The third-order valence-electron chi connectivity index (χ3n) is 9.97. The lowest BCUT2D eigenvalue weighted by Gasteiger charge is -2.50. The highest BCUT2D eigenvalue weighted by atomic mass is 35.5. The van der Waals surface area contributed by atoms with Crippen molar-refractivity contribution in [2.24, 2.45) is 11.8 Å². The van der Waals surface area contributed by atoms with E-state index in [0.717, 1.165) is 50.9 Å². The fourth-order valence-corrected chi connectivity index (χ4v) is 8.47. The van der Waals surface area contributed by atoms with Crippen LogP contribution >= 0.6 is 11.6 Å². The number of rotatable bonds is 3. The van der Waals surface area contributed by atoms with Crippen LogP contribution in [0.1, 0.15) is 87.4 Å². The van der Waals surface area contributed by atoms with Gasteiger partial charge in [0.2, 0.25) is 5.91 Å². The second kappa shape index (κ2) is 10.1. The van der Waals surface area contributed by atoms with Gasteiger partial charge in [0.05, 0.1) is 5.92 Å². The van der Waals surface area contributed by atoms with Gasteiger partial charge in [-0.2, -0.15) is 0 Å². The molecule has 2 aromatic rings. The van der Waals surface area contributed by atoms with E-state index < -0.39 is 0 Å². The van der Waals surface area contributed by atoms with Crippen molar-refractivity contribution in [2.45, 2.75) is 94.5 Å². The van der Waals surface area contributed by atoms with Gasteiger partial charge >= 0.3 is 0 Å². The van der Waals surface area contributed by atoms with Crippen LogP contribution in [-0.4, -0.2) is 41.0 Å². The van der Waals surface area contributed by atoms with Crippen LogP contribution in [0.5, 0.6) is 0 Å². The number of nitrogens with one attached hydrogen (secondary N) is 1. The van der Waals surface area contributed by atoms with Gasteiger partial charge < -0.3 is 10.2 Å². The molecule has 1 saturated carbocycles. The minimum Gasteiger partial charge on any atom is -0.336 e. The molecular formula is C31H40ClN3O. The van der Waals surface area contributed by atoms with Crippen molar-refractivity contribution in [3.05, 3.63) is 64.4 Å². The Labute approximate surface area is 221 Å². The monoisotopic (exact) mass is 505 g/mol. The summed E-state index contributed by atoms with van der Waals surface area (Å²) >= 11 is 6.28. The standard InChI is InChI=1S/C31H40ClN3O/c1-21-17-24(22-9-4-2-5-10-22)18-28(23-11-6-3-7-12-23)35(21)30(36)26-19-33-20-31(26)16-8-13-27-25(31)14-15-29(32)34-27/h2,4-5,9-10,14-15,21,23-24,26,28,33H,3,6-8,11-13,16-20H2,1H3. The molecule has 1 amide bonds. The lowest BCUT2D eigenvalue weighted by atomic mass is 9.64. The number of hydrogen-bond acceptors (Lipinski definition) is 3. The smallest absolute Gasteiger partial charge is 0.228 e. The summed E-state index contributed by atoms with van der Waals surface area (Å²) in [5, 5.41) is 4.21. The number of pyridine rings is 1. The maximum absolute atomic E-state index is 14.7. The molecule has 3 fully saturated rings. The van der Waals surface area contributed by atoms with Gasteiger partial charge in [0.1, 0.15) is 5.15 Å². The molecule has 1 spiro atoms.